The van der Waals surface area contributed by atoms with E-state index < -0.39 is 28.4 Å². The highest BCUT2D eigenvalue weighted by Crippen LogP contribution is 2.06. The summed E-state index contributed by atoms with van der Waals surface area (Å²) in [4.78, 5) is 21.7. The van der Waals surface area contributed by atoms with Crippen LogP contribution in [0.2, 0.25) is 0 Å². The quantitative estimate of drug-likeness (QED) is 0.564. The number of rotatable bonds is 8. The SMILES string of the molecule is CC(C)CNC(=O)CNS(=O)(=O)c1cnn(CC(=O)O)c1. The molecule has 1 aromatic heterocycles. The number of nitrogens with one attached hydrogen (secondary N) is 2. The van der Waals surface area contributed by atoms with E-state index in [4.69, 9.17) is 5.11 Å². The van der Waals surface area contributed by atoms with Gasteiger partial charge in [0.25, 0.3) is 0 Å². The summed E-state index contributed by atoms with van der Waals surface area (Å²) < 4.78 is 26.9. The highest BCUT2D eigenvalue weighted by molar-refractivity contribution is 7.89. The van der Waals surface area contributed by atoms with E-state index in [9.17, 15) is 18.0 Å². The van der Waals surface area contributed by atoms with Crippen molar-refractivity contribution in [3.8, 4) is 0 Å². The van der Waals surface area contributed by atoms with Crippen LogP contribution in [-0.4, -0.2) is 48.3 Å². The van der Waals surface area contributed by atoms with Gasteiger partial charge in [0.2, 0.25) is 15.9 Å². The summed E-state index contributed by atoms with van der Waals surface area (Å²) in [6.45, 7) is 3.46. The first-order chi connectivity index (χ1) is 9.70. The summed E-state index contributed by atoms with van der Waals surface area (Å²) in [6, 6.07) is 0. The second-order valence-corrected chi connectivity index (χ2v) is 6.56. The van der Waals surface area contributed by atoms with Gasteiger partial charge in [0.15, 0.2) is 0 Å². The van der Waals surface area contributed by atoms with E-state index in [0.29, 0.717) is 6.54 Å². The van der Waals surface area contributed by atoms with Gasteiger partial charge >= 0.3 is 5.97 Å². The standard InChI is InChI=1S/C11H18N4O5S/c1-8(2)3-12-10(16)5-14-21(19,20)9-4-13-15(6-9)7-11(17)18/h4,6,8,14H,3,5,7H2,1-2H3,(H,12,16)(H,17,18). The minimum Gasteiger partial charge on any atom is -0.480 e. The van der Waals surface area contributed by atoms with Gasteiger partial charge < -0.3 is 10.4 Å². The van der Waals surface area contributed by atoms with Gasteiger partial charge in [0, 0.05) is 12.7 Å². The molecule has 1 rings (SSSR count). The topological polar surface area (TPSA) is 130 Å². The fraction of sp³-hybridized carbons (Fsp3) is 0.545. The zero-order valence-corrected chi connectivity index (χ0v) is 12.6. The number of aliphatic carboxylic acids is 1. The molecule has 0 fully saturated rings. The second kappa shape index (κ2) is 7.18. The summed E-state index contributed by atoms with van der Waals surface area (Å²) in [7, 11) is -3.90. The number of carbonyl (C=O) groups excluding carboxylic acids is 1. The summed E-state index contributed by atoms with van der Waals surface area (Å²) in [5, 5.41) is 14.8. The third-order valence-electron chi connectivity index (χ3n) is 2.35. The Bertz CT molecular complexity index is 608. The maximum Gasteiger partial charge on any atom is 0.325 e. The molecule has 21 heavy (non-hydrogen) atoms. The average Bonchev–Trinajstić information content (AvgIpc) is 2.82. The fourth-order valence-corrected chi connectivity index (χ4v) is 2.27. The number of nitrogens with zero attached hydrogens (tertiary/aromatic N) is 2. The second-order valence-electron chi connectivity index (χ2n) is 4.79. The van der Waals surface area contributed by atoms with Gasteiger partial charge in [-0.2, -0.15) is 5.10 Å². The smallest absolute Gasteiger partial charge is 0.325 e. The Morgan fingerprint density at radius 1 is 1.43 bits per heavy atom. The maximum atomic E-state index is 11.9. The number of amides is 1. The zero-order chi connectivity index (χ0) is 16.0. The van der Waals surface area contributed by atoms with Crippen LogP contribution in [0.4, 0.5) is 0 Å². The largest absolute Gasteiger partial charge is 0.480 e. The Kier molecular flexibility index (Phi) is 5.85. The third kappa shape index (κ3) is 5.92. The predicted molar refractivity (Wildman–Crippen MR) is 72.9 cm³/mol. The number of sulfonamides is 1. The summed E-state index contributed by atoms with van der Waals surface area (Å²) in [5.74, 6) is -1.31. The zero-order valence-electron chi connectivity index (χ0n) is 11.7. The van der Waals surface area contributed by atoms with Crippen molar-refractivity contribution in [2.24, 2.45) is 5.92 Å². The lowest BCUT2D eigenvalue weighted by molar-refractivity contribution is -0.137. The average molecular weight is 318 g/mol. The summed E-state index contributed by atoms with van der Waals surface area (Å²) >= 11 is 0. The molecular weight excluding hydrogens is 300 g/mol. The molecule has 9 nitrogen and oxygen atoms in total. The summed E-state index contributed by atoms with van der Waals surface area (Å²) in [5.41, 5.74) is 0. The number of hydrogen-bond donors (Lipinski definition) is 3. The Morgan fingerprint density at radius 3 is 2.67 bits per heavy atom. The van der Waals surface area contributed by atoms with Crippen molar-refractivity contribution in [1.29, 1.82) is 0 Å². The van der Waals surface area contributed by atoms with Crippen LogP contribution in [-0.2, 0) is 26.2 Å². The van der Waals surface area contributed by atoms with Crippen LogP contribution < -0.4 is 10.0 Å². The minimum atomic E-state index is -3.90. The van der Waals surface area contributed by atoms with Crippen LogP contribution in [0.25, 0.3) is 0 Å². The number of carboxylic acid groups (broad SMARTS) is 1. The maximum absolute atomic E-state index is 11.9. The molecule has 0 radical (unpaired) electrons. The molecule has 0 saturated carbocycles. The van der Waals surface area contributed by atoms with E-state index in [1.54, 1.807) is 0 Å². The van der Waals surface area contributed by atoms with E-state index in [1.165, 1.54) is 0 Å². The highest BCUT2D eigenvalue weighted by Gasteiger charge is 2.18. The number of carboxylic acids is 1. The first-order valence-corrected chi connectivity index (χ1v) is 7.69. The predicted octanol–water partition coefficient (Wildman–Crippen LogP) is -0.982. The van der Waals surface area contributed by atoms with E-state index >= 15 is 0 Å². The molecule has 0 aliphatic rings. The number of carbonyl (C=O) groups is 2. The van der Waals surface area contributed by atoms with E-state index in [2.05, 4.69) is 15.1 Å². The first kappa shape index (κ1) is 17.1. The molecule has 3 N–H and O–H groups in total. The van der Waals surface area contributed by atoms with Crippen molar-refractivity contribution in [1.82, 2.24) is 19.8 Å². The van der Waals surface area contributed by atoms with Crippen LogP contribution in [0.3, 0.4) is 0 Å². The van der Waals surface area contributed by atoms with E-state index in [-0.39, 0.29) is 17.4 Å². The lowest BCUT2D eigenvalue weighted by Crippen LogP contribution is -2.38. The molecule has 0 unspecified atom stereocenters. The van der Waals surface area contributed by atoms with Crippen LogP contribution in [0.15, 0.2) is 17.3 Å². The summed E-state index contributed by atoms with van der Waals surface area (Å²) in [6.07, 6.45) is 2.11. The molecular formula is C11H18N4O5S. The molecule has 0 saturated heterocycles. The Balaban J connectivity index is 2.59. The number of hydrogen-bond acceptors (Lipinski definition) is 5. The Labute approximate surface area is 122 Å². The Hall–Kier alpha value is -1.94. The fourth-order valence-electron chi connectivity index (χ4n) is 1.33. The molecule has 0 atom stereocenters. The lowest BCUT2D eigenvalue weighted by Gasteiger charge is -2.08. The van der Waals surface area contributed by atoms with Gasteiger partial charge in [0.05, 0.1) is 12.7 Å². The van der Waals surface area contributed by atoms with Crippen molar-refractivity contribution in [3.05, 3.63) is 12.4 Å². The van der Waals surface area contributed by atoms with Crippen LogP contribution in [0.5, 0.6) is 0 Å². The van der Waals surface area contributed by atoms with Crippen LogP contribution in [0.1, 0.15) is 13.8 Å². The molecule has 1 aromatic rings. The normalized spacial score (nSPS) is 11.6. The highest BCUT2D eigenvalue weighted by atomic mass is 32.2. The molecule has 1 amide bonds. The monoisotopic (exact) mass is 318 g/mol. The van der Waals surface area contributed by atoms with Crippen molar-refractivity contribution >= 4 is 21.9 Å². The van der Waals surface area contributed by atoms with Gasteiger partial charge in [-0.3, -0.25) is 14.3 Å². The molecule has 1 heterocycles. The minimum absolute atomic E-state index is 0.194. The van der Waals surface area contributed by atoms with Crippen molar-refractivity contribution in [3.63, 3.8) is 0 Å². The van der Waals surface area contributed by atoms with E-state index in [1.807, 2.05) is 13.8 Å². The van der Waals surface area contributed by atoms with Gasteiger partial charge in [-0.25, -0.2) is 13.1 Å². The number of aromatic nitrogens is 2. The molecule has 0 bridgehead atoms. The Morgan fingerprint density at radius 2 is 2.10 bits per heavy atom. The van der Waals surface area contributed by atoms with Crippen molar-refractivity contribution in [2.75, 3.05) is 13.1 Å². The van der Waals surface area contributed by atoms with Gasteiger partial charge in [-0.1, -0.05) is 13.8 Å². The van der Waals surface area contributed by atoms with E-state index in [0.717, 1.165) is 17.1 Å². The molecule has 0 aliphatic heterocycles. The lowest BCUT2D eigenvalue weighted by atomic mass is 10.2. The van der Waals surface area contributed by atoms with Crippen molar-refractivity contribution < 1.29 is 23.1 Å². The van der Waals surface area contributed by atoms with Gasteiger partial charge in [-0.15, -0.1) is 0 Å². The molecule has 118 valence electrons. The van der Waals surface area contributed by atoms with Crippen LogP contribution in [0, 0.1) is 5.92 Å². The van der Waals surface area contributed by atoms with Crippen molar-refractivity contribution in [2.45, 2.75) is 25.3 Å². The van der Waals surface area contributed by atoms with Crippen LogP contribution >= 0.6 is 0 Å². The first-order valence-electron chi connectivity index (χ1n) is 6.21. The van der Waals surface area contributed by atoms with Gasteiger partial charge in [-0.05, 0) is 5.92 Å². The molecule has 0 aliphatic carbocycles. The molecule has 0 spiro atoms. The third-order valence-corrected chi connectivity index (χ3v) is 3.70. The molecule has 10 heteroatoms. The molecule has 0 aromatic carbocycles. The van der Waals surface area contributed by atoms with Gasteiger partial charge in [0.1, 0.15) is 11.4 Å².